The Bertz CT molecular complexity index is 772. The Morgan fingerprint density at radius 1 is 0.950 bits per heavy atom. The van der Waals surface area contributed by atoms with E-state index in [9.17, 15) is 5.11 Å². The fraction of sp³-hybridized carbons (Fsp3) is 0.158. The van der Waals surface area contributed by atoms with Crippen molar-refractivity contribution in [3.63, 3.8) is 0 Å². The Morgan fingerprint density at radius 3 is 2.60 bits per heavy atom. The summed E-state index contributed by atoms with van der Waals surface area (Å²) in [5.74, 6) is 0.382. The van der Waals surface area contributed by atoms with Gasteiger partial charge in [0, 0.05) is 0 Å². The Morgan fingerprint density at radius 2 is 1.80 bits per heavy atom. The van der Waals surface area contributed by atoms with Gasteiger partial charge < -0.3 is 5.11 Å². The second-order valence-corrected chi connectivity index (χ2v) is 5.23. The zero-order chi connectivity index (χ0) is 14.1. The minimum absolute atomic E-state index is 0.382. The first-order chi connectivity index (χ1) is 9.69. The van der Waals surface area contributed by atoms with Crippen LogP contribution in [-0.4, -0.2) is 5.11 Å². The number of fused-ring (bicyclic) bond motifs is 1. The average Bonchev–Trinajstić information content (AvgIpc) is 2.47. The normalized spacial score (nSPS) is 10.9. The van der Waals surface area contributed by atoms with Crippen molar-refractivity contribution in [3.05, 3.63) is 65.7 Å². The number of phenolic OH excluding ortho intramolecular Hbond substituents is 1. The Hall–Kier alpha value is -2.28. The van der Waals surface area contributed by atoms with Gasteiger partial charge >= 0.3 is 0 Å². The Kier molecular flexibility index (Phi) is 3.19. The maximum absolute atomic E-state index is 9.84. The van der Waals surface area contributed by atoms with Crippen molar-refractivity contribution in [3.8, 4) is 16.9 Å². The average molecular weight is 262 g/mol. The fourth-order valence-electron chi connectivity index (χ4n) is 2.67. The molecule has 0 bridgehead atoms. The van der Waals surface area contributed by atoms with E-state index in [1.54, 1.807) is 6.07 Å². The first kappa shape index (κ1) is 12.7. The molecular formula is C19H18O. The first-order valence-corrected chi connectivity index (χ1v) is 7.00. The summed E-state index contributed by atoms with van der Waals surface area (Å²) in [5, 5.41) is 12.4. The molecule has 0 saturated heterocycles. The second kappa shape index (κ2) is 5.01. The van der Waals surface area contributed by atoms with Crippen LogP contribution < -0.4 is 0 Å². The molecule has 1 N–H and O–H groups in total. The van der Waals surface area contributed by atoms with Gasteiger partial charge in [-0.1, -0.05) is 55.0 Å². The van der Waals surface area contributed by atoms with E-state index in [0.29, 0.717) is 5.75 Å². The van der Waals surface area contributed by atoms with E-state index >= 15 is 0 Å². The third kappa shape index (κ3) is 2.16. The van der Waals surface area contributed by atoms with Crippen LogP contribution in [0.15, 0.2) is 54.6 Å². The van der Waals surface area contributed by atoms with Crippen LogP contribution in [0.3, 0.4) is 0 Å². The number of hydrogen-bond donors (Lipinski definition) is 1. The molecule has 3 rings (SSSR count). The van der Waals surface area contributed by atoms with Gasteiger partial charge in [0.25, 0.3) is 0 Å². The molecule has 0 radical (unpaired) electrons. The summed E-state index contributed by atoms with van der Waals surface area (Å²) in [6, 6.07) is 18.8. The van der Waals surface area contributed by atoms with E-state index in [-0.39, 0.29) is 0 Å². The minimum Gasteiger partial charge on any atom is -0.508 e. The highest BCUT2D eigenvalue weighted by Crippen LogP contribution is 2.32. The van der Waals surface area contributed by atoms with E-state index < -0.39 is 0 Å². The molecule has 0 unspecified atom stereocenters. The molecule has 0 aromatic heterocycles. The van der Waals surface area contributed by atoms with Gasteiger partial charge in [-0.15, -0.1) is 0 Å². The molecule has 0 aliphatic carbocycles. The molecule has 100 valence electrons. The van der Waals surface area contributed by atoms with Crippen molar-refractivity contribution in [1.29, 1.82) is 0 Å². The van der Waals surface area contributed by atoms with Crippen LogP contribution >= 0.6 is 0 Å². The van der Waals surface area contributed by atoms with Crippen LogP contribution in [0.1, 0.15) is 18.1 Å². The van der Waals surface area contributed by atoms with Crippen LogP contribution in [0.2, 0.25) is 0 Å². The first-order valence-electron chi connectivity index (χ1n) is 7.00. The zero-order valence-corrected chi connectivity index (χ0v) is 11.9. The van der Waals surface area contributed by atoms with E-state index in [0.717, 1.165) is 17.5 Å². The van der Waals surface area contributed by atoms with Crippen molar-refractivity contribution in [2.24, 2.45) is 0 Å². The summed E-state index contributed by atoms with van der Waals surface area (Å²) in [6.07, 6.45) is 0.837. The van der Waals surface area contributed by atoms with E-state index in [4.69, 9.17) is 0 Å². The summed E-state index contributed by atoms with van der Waals surface area (Å²) >= 11 is 0. The lowest BCUT2D eigenvalue weighted by Crippen LogP contribution is -1.86. The van der Waals surface area contributed by atoms with Gasteiger partial charge in [0.05, 0.1) is 0 Å². The highest BCUT2D eigenvalue weighted by Gasteiger charge is 2.06. The lowest BCUT2D eigenvalue weighted by atomic mass is 9.95. The van der Waals surface area contributed by atoms with E-state index in [1.165, 1.54) is 21.9 Å². The predicted molar refractivity (Wildman–Crippen MR) is 85.2 cm³/mol. The van der Waals surface area contributed by atoms with Crippen molar-refractivity contribution in [2.75, 3.05) is 0 Å². The maximum atomic E-state index is 9.84. The lowest BCUT2D eigenvalue weighted by molar-refractivity contribution is 0.469. The number of aryl methyl sites for hydroxylation is 2. The van der Waals surface area contributed by atoms with Gasteiger partial charge in [0.2, 0.25) is 0 Å². The van der Waals surface area contributed by atoms with Crippen molar-refractivity contribution in [2.45, 2.75) is 20.3 Å². The fourth-order valence-corrected chi connectivity index (χ4v) is 2.67. The second-order valence-electron chi connectivity index (χ2n) is 5.23. The van der Waals surface area contributed by atoms with Gasteiger partial charge in [0.1, 0.15) is 5.75 Å². The zero-order valence-electron chi connectivity index (χ0n) is 11.9. The molecule has 1 nitrogen and oxygen atoms in total. The van der Waals surface area contributed by atoms with Crippen LogP contribution in [-0.2, 0) is 6.42 Å². The molecule has 0 fully saturated rings. The van der Waals surface area contributed by atoms with Crippen LogP contribution in [0.4, 0.5) is 0 Å². The topological polar surface area (TPSA) is 20.2 Å². The third-order valence-electron chi connectivity index (χ3n) is 3.81. The molecule has 3 aromatic rings. The van der Waals surface area contributed by atoms with Gasteiger partial charge in [-0.25, -0.2) is 0 Å². The van der Waals surface area contributed by atoms with E-state index in [2.05, 4.69) is 56.3 Å². The van der Waals surface area contributed by atoms with Gasteiger partial charge in [-0.3, -0.25) is 0 Å². The van der Waals surface area contributed by atoms with Crippen molar-refractivity contribution in [1.82, 2.24) is 0 Å². The van der Waals surface area contributed by atoms with E-state index in [1.807, 2.05) is 6.07 Å². The molecule has 0 amide bonds. The number of benzene rings is 3. The number of aromatic hydroxyl groups is 1. The third-order valence-corrected chi connectivity index (χ3v) is 3.81. The molecule has 0 spiro atoms. The highest BCUT2D eigenvalue weighted by molar-refractivity contribution is 5.97. The molecule has 0 aliphatic heterocycles. The maximum Gasteiger partial charge on any atom is 0.118 e. The van der Waals surface area contributed by atoms with Gasteiger partial charge in [-0.2, -0.15) is 0 Å². The molecular weight excluding hydrogens is 244 g/mol. The van der Waals surface area contributed by atoms with Crippen LogP contribution in [0, 0.1) is 6.92 Å². The summed E-state index contributed by atoms with van der Waals surface area (Å²) in [5.41, 5.74) is 4.64. The smallest absolute Gasteiger partial charge is 0.118 e. The summed E-state index contributed by atoms with van der Waals surface area (Å²) in [4.78, 5) is 0. The minimum atomic E-state index is 0.382. The van der Waals surface area contributed by atoms with Crippen LogP contribution in [0.25, 0.3) is 21.9 Å². The lowest BCUT2D eigenvalue weighted by Gasteiger charge is -2.10. The molecule has 20 heavy (non-hydrogen) atoms. The number of phenols is 1. The van der Waals surface area contributed by atoms with Crippen LogP contribution in [0.5, 0.6) is 5.75 Å². The summed E-state index contributed by atoms with van der Waals surface area (Å²) < 4.78 is 0. The van der Waals surface area contributed by atoms with Gasteiger partial charge in [0.15, 0.2) is 0 Å². The largest absolute Gasteiger partial charge is 0.508 e. The molecule has 0 aliphatic rings. The summed E-state index contributed by atoms with van der Waals surface area (Å²) in [6.45, 7) is 4.18. The Labute approximate surface area is 119 Å². The standard InChI is InChI=1S/C19H18O/c1-3-14-12-16(9-10-19(14)20)17-6-4-5-15-8-7-13(2)11-18(15)17/h4-12,20H,3H2,1-2H3. The predicted octanol–water partition coefficient (Wildman–Crippen LogP) is 5.08. The number of rotatable bonds is 2. The quantitative estimate of drug-likeness (QED) is 0.682. The Balaban J connectivity index is 2.26. The monoisotopic (exact) mass is 262 g/mol. The van der Waals surface area contributed by atoms with Crippen molar-refractivity contribution >= 4 is 10.8 Å². The molecule has 0 atom stereocenters. The summed E-state index contributed by atoms with van der Waals surface area (Å²) in [7, 11) is 0. The highest BCUT2D eigenvalue weighted by atomic mass is 16.3. The SMILES string of the molecule is CCc1cc(-c2cccc3ccc(C)cc23)ccc1O. The molecule has 0 heterocycles. The molecule has 3 aromatic carbocycles. The number of hydrogen-bond acceptors (Lipinski definition) is 1. The molecule has 1 heteroatoms. The van der Waals surface area contributed by atoms with Gasteiger partial charge in [-0.05, 0) is 52.9 Å². The molecule has 0 saturated carbocycles. The van der Waals surface area contributed by atoms with Crippen molar-refractivity contribution < 1.29 is 5.11 Å².